The first-order valence-electron chi connectivity index (χ1n) is 9.47. The molecule has 7 nitrogen and oxygen atoms in total. The minimum absolute atomic E-state index is 0.0665. The molecule has 3 aromatic rings. The van der Waals surface area contributed by atoms with E-state index in [0.29, 0.717) is 44.1 Å². The van der Waals surface area contributed by atoms with Gasteiger partial charge >= 0.3 is 0 Å². The van der Waals surface area contributed by atoms with E-state index in [-0.39, 0.29) is 10.6 Å². The van der Waals surface area contributed by atoms with Crippen LogP contribution in [0.15, 0.2) is 53.4 Å². The van der Waals surface area contributed by atoms with E-state index < -0.39 is 22.0 Å². The van der Waals surface area contributed by atoms with E-state index in [1.165, 1.54) is 16.8 Å². The summed E-state index contributed by atoms with van der Waals surface area (Å²) in [7, 11) is -4.03. The molecule has 4 rings (SSSR count). The van der Waals surface area contributed by atoms with Crippen LogP contribution in [-0.4, -0.2) is 47.3 Å². The minimum Gasteiger partial charge on any atom is -0.293 e. The lowest BCUT2D eigenvalue weighted by Gasteiger charge is -2.11. The molecule has 1 atom stereocenters. The number of hydrogen-bond donors (Lipinski definition) is 1. The van der Waals surface area contributed by atoms with Crippen LogP contribution in [0, 0.1) is 5.82 Å². The zero-order valence-electron chi connectivity index (χ0n) is 16.1. The first-order valence-corrected chi connectivity index (χ1v) is 11.0. The SMILES string of the molecule is NS(=O)(=O)c1ccc(-n2nc(CN3CC[C@H](F)C3)nc2Cc2ccccc2)c(F)c1. The van der Waals surface area contributed by atoms with Crippen LogP contribution in [0.2, 0.25) is 0 Å². The van der Waals surface area contributed by atoms with Crippen LogP contribution in [0.25, 0.3) is 5.69 Å². The van der Waals surface area contributed by atoms with Crippen LogP contribution >= 0.6 is 0 Å². The highest BCUT2D eigenvalue weighted by Crippen LogP contribution is 2.21. The number of nitrogens with two attached hydrogens (primary N) is 1. The lowest BCUT2D eigenvalue weighted by Crippen LogP contribution is -2.21. The smallest absolute Gasteiger partial charge is 0.238 e. The summed E-state index contributed by atoms with van der Waals surface area (Å²) in [5.41, 5.74) is 1.03. The van der Waals surface area contributed by atoms with Gasteiger partial charge in [0.15, 0.2) is 5.82 Å². The van der Waals surface area contributed by atoms with E-state index in [2.05, 4.69) is 10.1 Å². The number of aromatic nitrogens is 3. The van der Waals surface area contributed by atoms with Crippen molar-refractivity contribution in [2.75, 3.05) is 13.1 Å². The first-order chi connectivity index (χ1) is 14.3. The summed E-state index contributed by atoms with van der Waals surface area (Å²) in [6.07, 6.45) is 0.0102. The number of hydrogen-bond acceptors (Lipinski definition) is 5. The highest BCUT2D eigenvalue weighted by Gasteiger charge is 2.24. The number of alkyl halides is 1. The Morgan fingerprint density at radius 3 is 2.57 bits per heavy atom. The normalized spacial score (nSPS) is 17.5. The predicted octanol–water partition coefficient (Wildman–Crippen LogP) is 2.19. The van der Waals surface area contributed by atoms with Gasteiger partial charge in [-0.15, -0.1) is 5.10 Å². The van der Waals surface area contributed by atoms with Gasteiger partial charge in [0.05, 0.1) is 11.4 Å². The zero-order valence-corrected chi connectivity index (χ0v) is 16.9. The third-order valence-electron chi connectivity index (χ3n) is 4.98. The molecule has 0 unspecified atom stereocenters. The van der Waals surface area contributed by atoms with E-state index in [0.717, 1.165) is 11.6 Å². The van der Waals surface area contributed by atoms with Crippen molar-refractivity contribution in [3.05, 3.63) is 71.6 Å². The summed E-state index contributed by atoms with van der Waals surface area (Å²) in [4.78, 5) is 6.15. The van der Waals surface area contributed by atoms with Crippen molar-refractivity contribution in [1.82, 2.24) is 19.7 Å². The number of rotatable bonds is 6. The van der Waals surface area contributed by atoms with Crippen molar-refractivity contribution >= 4 is 10.0 Å². The van der Waals surface area contributed by atoms with Crippen LogP contribution in [0.1, 0.15) is 23.6 Å². The molecule has 1 saturated heterocycles. The second-order valence-corrected chi connectivity index (χ2v) is 8.86. The average Bonchev–Trinajstić information content (AvgIpc) is 3.28. The maximum absolute atomic E-state index is 14.8. The molecule has 2 N–H and O–H groups in total. The van der Waals surface area contributed by atoms with E-state index in [1.54, 1.807) is 0 Å². The summed E-state index contributed by atoms with van der Waals surface area (Å²) < 4.78 is 52.7. The molecule has 0 bridgehead atoms. The molecule has 0 saturated carbocycles. The molecule has 10 heteroatoms. The standard InChI is InChI=1S/C20H21F2N5O2S/c21-15-8-9-26(12-15)13-19-24-20(10-14-4-2-1-3-5-14)27(25-19)18-7-6-16(11-17(18)22)30(23,28)29/h1-7,11,15H,8-10,12-13H2,(H2,23,28,29)/t15-/m0/s1. The molecule has 1 aliphatic heterocycles. The minimum atomic E-state index is -4.03. The third-order valence-corrected chi connectivity index (χ3v) is 5.89. The molecule has 0 amide bonds. The highest BCUT2D eigenvalue weighted by molar-refractivity contribution is 7.89. The molecule has 0 aliphatic carbocycles. The second kappa shape index (κ2) is 8.21. The fourth-order valence-electron chi connectivity index (χ4n) is 3.51. The van der Waals surface area contributed by atoms with E-state index >= 15 is 0 Å². The lowest BCUT2D eigenvalue weighted by atomic mass is 10.1. The maximum atomic E-state index is 14.8. The highest BCUT2D eigenvalue weighted by atomic mass is 32.2. The maximum Gasteiger partial charge on any atom is 0.238 e. The lowest BCUT2D eigenvalue weighted by molar-refractivity contribution is 0.277. The van der Waals surface area contributed by atoms with Crippen molar-refractivity contribution in [1.29, 1.82) is 0 Å². The molecule has 158 valence electrons. The van der Waals surface area contributed by atoms with Gasteiger partial charge in [-0.05, 0) is 30.2 Å². The summed E-state index contributed by atoms with van der Waals surface area (Å²) in [6.45, 7) is 1.28. The van der Waals surface area contributed by atoms with Gasteiger partial charge in [0.2, 0.25) is 10.0 Å². The van der Waals surface area contributed by atoms with Gasteiger partial charge in [-0.25, -0.2) is 32.0 Å². The van der Waals surface area contributed by atoms with Gasteiger partial charge in [0.1, 0.15) is 23.5 Å². The molecule has 30 heavy (non-hydrogen) atoms. The van der Waals surface area contributed by atoms with Crippen molar-refractivity contribution < 1.29 is 17.2 Å². The van der Waals surface area contributed by atoms with Gasteiger partial charge in [0, 0.05) is 19.5 Å². The van der Waals surface area contributed by atoms with Crippen molar-refractivity contribution in [3.63, 3.8) is 0 Å². The van der Waals surface area contributed by atoms with E-state index in [1.807, 2.05) is 35.2 Å². The Balaban J connectivity index is 1.71. The van der Waals surface area contributed by atoms with Crippen molar-refractivity contribution in [2.24, 2.45) is 5.14 Å². The summed E-state index contributed by atoms with van der Waals surface area (Å²) in [6, 6.07) is 12.9. The first kappa shape index (κ1) is 20.6. The van der Waals surface area contributed by atoms with Gasteiger partial charge in [-0.1, -0.05) is 30.3 Å². The fraction of sp³-hybridized carbons (Fsp3) is 0.300. The molecule has 1 fully saturated rings. The third kappa shape index (κ3) is 4.55. The molecular formula is C20H21F2N5O2S. The average molecular weight is 433 g/mol. The van der Waals surface area contributed by atoms with Gasteiger partial charge in [0.25, 0.3) is 0 Å². The summed E-state index contributed by atoms with van der Waals surface area (Å²) in [5.74, 6) is 0.164. The fourth-order valence-corrected chi connectivity index (χ4v) is 4.04. The molecular weight excluding hydrogens is 412 g/mol. The van der Waals surface area contributed by atoms with Crippen LogP contribution < -0.4 is 5.14 Å². The predicted molar refractivity (Wildman–Crippen MR) is 107 cm³/mol. The Kier molecular flexibility index (Phi) is 5.63. The number of nitrogens with zero attached hydrogens (tertiary/aromatic N) is 4. The Morgan fingerprint density at radius 1 is 1.17 bits per heavy atom. The largest absolute Gasteiger partial charge is 0.293 e. The van der Waals surface area contributed by atoms with Crippen molar-refractivity contribution in [2.45, 2.75) is 30.5 Å². The van der Waals surface area contributed by atoms with Crippen molar-refractivity contribution in [3.8, 4) is 5.69 Å². The van der Waals surface area contributed by atoms with E-state index in [4.69, 9.17) is 5.14 Å². The number of primary sulfonamides is 1. The quantitative estimate of drug-likeness (QED) is 0.643. The Labute approximate surface area is 173 Å². The summed E-state index contributed by atoms with van der Waals surface area (Å²) >= 11 is 0. The molecule has 1 aromatic heterocycles. The van der Waals surface area contributed by atoms with Gasteiger partial charge in [-0.2, -0.15) is 0 Å². The van der Waals surface area contributed by atoms with E-state index in [9.17, 15) is 17.2 Å². The summed E-state index contributed by atoms with van der Waals surface area (Å²) in [5, 5.41) is 9.53. The molecule has 2 aromatic carbocycles. The zero-order chi connectivity index (χ0) is 21.3. The van der Waals surface area contributed by atoms with Crippen LogP contribution in [0.3, 0.4) is 0 Å². The molecule has 0 radical (unpaired) electrons. The second-order valence-electron chi connectivity index (χ2n) is 7.30. The number of benzene rings is 2. The topological polar surface area (TPSA) is 94.1 Å². The Hall–Kier alpha value is -2.69. The number of sulfonamides is 1. The number of halogens is 2. The molecule has 2 heterocycles. The number of likely N-dealkylation sites (tertiary alicyclic amines) is 1. The monoisotopic (exact) mass is 433 g/mol. The van der Waals surface area contributed by atoms with Crippen LogP contribution in [0.4, 0.5) is 8.78 Å². The Bertz CT molecular complexity index is 1150. The van der Waals surface area contributed by atoms with Gasteiger partial charge < -0.3 is 0 Å². The van der Waals surface area contributed by atoms with Gasteiger partial charge in [-0.3, -0.25) is 4.90 Å². The van der Waals surface area contributed by atoms with Crippen LogP contribution in [-0.2, 0) is 23.0 Å². The molecule has 0 spiro atoms. The Morgan fingerprint density at radius 2 is 1.93 bits per heavy atom. The molecule has 1 aliphatic rings. The van der Waals surface area contributed by atoms with Crippen LogP contribution in [0.5, 0.6) is 0 Å².